The van der Waals surface area contributed by atoms with Gasteiger partial charge in [-0.1, -0.05) is 28.1 Å². The number of nitrogens with one attached hydrogen (secondary N) is 1. The van der Waals surface area contributed by atoms with Crippen molar-refractivity contribution < 1.29 is 9.59 Å². The smallest absolute Gasteiger partial charge is 0.227 e. The molecule has 1 aliphatic heterocycles. The van der Waals surface area contributed by atoms with Crippen molar-refractivity contribution in [3.05, 3.63) is 29.8 Å². The fourth-order valence-electron chi connectivity index (χ4n) is 2.38. The summed E-state index contributed by atoms with van der Waals surface area (Å²) in [4.78, 5) is 25.1. The van der Waals surface area contributed by atoms with E-state index >= 15 is 0 Å². The lowest BCUT2D eigenvalue weighted by Gasteiger charge is -2.16. The lowest BCUT2D eigenvalue weighted by Crippen LogP contribution is -2.24. The van der Waals surface area contributed by atoms with Gasteiger partial charge in [0, 0.05) is 36.9 Å². The summed E-state index contributed by atoms with van der Waals surface area (Å²) in [6.07, 6.45) is 4.09. The minimum Gasteiger partial charge on any atom is -0.352 e. The van der Waals surface area contributed by atoms with Crippen molar-refractivity contribution in [2.45, 2.75) is 38.6 Å². The molecule has 1 aromatic rings. The van der Waals surface area contributed by atoms with Crippen molar-refractivity contribution in [2.75, 3.05) is 16.8 Å². The Kier molecular flexibility index (Phi) is 6.23. The minimum atomic E-state index is 0.0924. The van der Waals surface area contributed by atoms with E-state index in [2.05, 4.69) is 21.2 Å². The normalized spacial score (nSPS) is 14.5. The van der Waals surface area contributed by atoms with E-state index in [-0.39, 0.29) is 11.8 Å². The third-order valence-electron chi connectivity index (χ3n) is 3.60. The highest BCUT2D eigenvalue weighted by Crippen LogP contribution is 2.21. The molecule has 1 aromatic carbocycles. The Labute approximate surface area is 134 Å². The Balaban J connectivity index is 1.80. The summed E-state index contributed by atoms with van der Waals surface area (Å²) in [5.74, 6) is 0.289. The van der Waals surface area contributed by atoms with Crippen molar-refractivity contribution >= 4 is 33.4 Å². The minimum absolute atomic E-state index is 0.0924. The Hall–Kier alpha value is -1.36. The van der Waals surface area contributed by atoms with Crippen LogP contribution < -0.4 is 10.2 Å². The molecule has 2 amide bonds. The first-order chi connectivity index (χ1) is 10.2. The van der Waals surface area contributed by atoms with E-state index < -0.39 is 0 Å². The van der Waals surface area contributed by atoms with Crippen molar-refractivity contribution in [3.8, 4) is 0 Å². The summed E-state index contributed by atoms with van der Waals surface area (Å²) in [6.45, 7) is 1.35. The lowest BCUT2D eigenvalue weighted by molar-refractivity contribution is -0.121. The van der Waals surface area contributed by atoms with Gasteiger partial charge in [0.25, 0.3) is 0 Å². The van der Waals surface area contributed by atoms with Gasteiger partial charge in [0.05, 0.1) is 0 Å². The summed E-state index contributed by atoms with van der Waals surface area (Å²) in [5, 5.41) is 3.86. The van der Waals surface area contributed by atoms with E-state index in [1.54, 1.807) is 0 Å². The van der Waals surface area contributed by atoms with Crippen molar-refractivity contribution in [3.63, 3.8) is 0 Å². The van der Waals surface area contributed by atoms with Crippen LogP contribution in [-0.4, -0.2) is 23.7 Å². The quantitative estimate of drug-likeness (QED) is 0.605. The van der Waals surface area contributed by atoms with E-state index in [0.29, 0.717) is 19.4 Å². The van der Waals surface area contributed by atoms with E-state index in [9.17, 15) is 9.59 Å². The van der Waals surface area contributed by atoms with E-state index in [1.807, 2.05) is 29.2 Å². The monoisotopic (exact) mass is 352 g/mol. The number of hydrogen-bond acceptors (Lipinski definition) is 2. The summed E-state index contributed by atoms with van der Waals surface area (Å²) >= 11 is 3.35. The number of rotatable bonds is 7. The third-order valence-corrected chi connectivity index (χ3v) is 4.16. The highest BCUT2D eigenvalue weighted by atomic mass is 79.9. The molecular formula is C16H21BrN2O2. The molecular weight excluding hydrogens is 332 g/mol. The molecule has 1 N–H and O–H groups in total. The Morgan fingerprint density at radius 1 is 1.24 bits per heavy atom. The number of benzene rings is 1. The maximum absolute atomic E-state index is 11.7. The standard InChI is InChI=1S/C16H21BrN2O2/c17-10-2-1-4-15(20)18-12-13-6-8-14(9-7-13)19-11-3-5-16(19)21/h6-9H,1-5,10-12H2,(H,18,20). The number of amides is 2. The molecule has 0 unspecified atom stereocenters. The van der Waals surface area contributed by atoms with Crippen LogP contribution in [0.5, 0.6) is 0 Å². The van der Waals surface area contributed by atoms with Crippen LogP contribution in [0.3, 0.4) is 0 Å². The molecule has 0 aliphatic carbocycles. The first kappa shape index (κ1) is 16.0. The van der Waals surface area contributed by atoms with Crippen LogP contribution in [0.15, 0.2) is 24.3 Å². The lowest BCUT2D eigenvalue weighted by atomic mass is 10.2. The molecule has 0 atom stereocenters. The Morgan fingerprint density at radius 2 is 2.00 bits per heavy atom. The number of carbonyl (C=O) groups excluding carboxylic acids is 2. The van der Waals surface area contributed by atoms with Gasteiger partial charge in [0.15, 0.2) is 0 Å². The highest BCUT2D eigenvalue weighted by Gasteiger charge is 2.21. The number of anilines is 1. The van der Waals surface area contributed by atoms with E-state index in [4.69, 9.17) is 0 Å². The molecule has 1 saturated heterocycles. The SMILES string of the molecule is O=C(CCCCBr)NCc1ccc(N2CCCC2=O)cc1. The van der Waals surface area contributed by atoms with E-state index in [0.717, 1.165) is 42.4 Å². The van der Waals surface area contributed by atoms with E-state index in [1.165, 1.54) is 0 Å². The molecule has 21 heavy (non-hydrogen) atoms. The van der Waals surface area contributed by atoms with Crippen LogP contribution in [0.25, 0.3) is 0 Å². The van der Waals surface area contributed by atoms with Gasteiger partial charge in [-0.2, -0.15) is 0 Å². The van der Waals surface area contributed by atoms with Crippen LogP contribution in [0.2, 0.25) is 0 Å². The second-order valence-corrected chi connectivity index (χ2v) is 6.03. The van der Waals surface area contributed by atoms with Gasteiger partial charge in [-0.05, 0) is 37.0 Å². The van der Waals surface area contributed by atoms with Gasteiger partial charge in [-0.15, -0.1) is 0 Å². The second kappa shape index (κ2) is 8.17. The predicted octanol–water partition coefficient (Wildman–Crippen LogP) is 2.99. The number of unbranched alkanes of at least 4 members (excludes halogenated alkanes) is 1. The fourth-order valence-corrected chi connectivity index (χ4v) is 2.78. The summed E-state index contributed by atoms with van der Waals surface area (Å²) in [6, 6.07) is 7.85. The topological polar surface area (TPSA) is 49.4 Å². The molecule has 0 bridgehead atoms. The van der Waals surface area contributed by atoms with Crippen molar-refractivity contribution in [1.29, 1.82) is 0 Å². The average molecular weight is 353 g/mol. The van der Waals surface area contributed by atoms with Gasteiger partial charge < -0.3 is 10.2 Å². The van der Waals surface area contributed by atoms with Crippen LogP contribution in [0.4, 0.5) is 5.69 Å². The van der Waals surface area contributed by atoms with Crippen molar-refractivity contribution in [1.82, 2.24) is 5.32 Å². The molecule has 2 rings (SSSR count). The van der Waals surface area contributed by atoms with Crippen LogP contribution in [0, 0.1) is 0 Å². The number of nitrogens with zero attached hydrogens (tertiary/aromatic N) is 1. The first-order valence-corrected chi connectivity index (χ1v) is 8.55. The number of alkyl halides is 1. The van der Waals surface area contributed by atoms with Crippen molar-refractivity contribution in [2.24, 2.45) is 0 Å². The molecule has 0 spiro atoms. The molecule has 0 radical (unpaired) electrons. The largest absolute Gasteiger partial charge is 0.352 e. The number of hydrogen-bond donors (Lipinski definition) is 1. The maximum atomic E-state index is 11.7. The molecule has 4 nitrogen and oxygen atoms in total. The molecule has 0 aromatic heterocycles. The number of halogens is 1. The van der Waals surface area contributed by atoms with Gasteiger partial charge in [0.2, 0.25) is 11.8 Å². The average Bonchev–Trinajstić information content (AvgIpc) is 2.92. The Bertz CT molecular complexity index is 488. The molecule has 0 saturated carbocycles. The third kappa shape index (κ3) is 4.84. The zero-order valence-electron chi connectivity index (χ0n) is 12.1. The maximum Gasteiger partial charge on any atom is 0.227 e. The molecule has 5 heteroatoms. The predicted molar refractivity (Wildman–Crippen MR) is 87.5 cm³/mol. The molecule has 1 aliphatic rings. The second-order valence-electron chi connectivity index (χ2n) is 5.24. The van der Waals surface area contributed by atoms with Gasteiger partial charge in [-0.25, -0.2) is 0 Å². The molecule has 1 heterocycles. The Morgan fingerprint density at radius 3 is 2.62 bits per heavy atom. The fraction of sp³-hybridized carbons (Fsp3) is 0.500. The number of carbonyl (C=O) groups is 2. The summed E-state index contributed by atoms with van der Waals surface area (Å²) in [5.41, 5.74) is 2.00. The molecule has 114 valence electrons. The molecule has 1 fully saturated rings. The highest BCUT2D eigenvalue weighted by molar-refractivity contribution is 9.09. The van der Waals surface area contributed by atoms with Crippen LogP contribution >= 0.6 is 15.9 Å². The zero-order chi connectivity index (χ0) is 15.1. The first-order valence-electron chi connectivity index (χ1n) is 7.42. The van der Waals surface area contributed by atoms with Gasteiger partial charge in [0.1, 0.15) is 0 Å². The van der Waals surface area contributed by atoms with Crippen LogP contribution in [-0.2, 0) is 16.1 Å². The van der Waals surface area contributed by atoms with Crippen LogP contribution in [0.1, 0.15) is 37.7 Å². The summed E-state index contributed by atoms with van der Waals surface area (Å²) in [7, 11) is 0. The van der Waals surface area contributed by atoms with Gasteiger partial charge in [-0.3, -0.25) is 9.59 Å². The summed E-state index contributed by atoms with van der Waals surface area (Å²) < 4.78 is 0. The zero-order valence-corrected chi connectivity index (χ0v) is 13.7. The van der Waals surface area contributed by atoms with Gasteiger partial charge >= 0.3 is 0 Å².